The largest absolute Gasteiger partial charge is 0.383 e. The van der Waals surface area contributed by atoms with E-state index in [1.54, 1.807) is 7.11 Å². The van der Waals surface area contributed by atoms with Crippen LogP contribution in [0.15, 0.2) is 30.3 Å². The predicted octanol–water partition coefficient (Wildman–Crippen LogP) is 2.58. The lowest BCUT2D eigenvalue weighted by Gasteiger charge is -2.43. The van der Waals surface area contributed by atoms with E-state index in [2.05, 4.69) is 36.2 Å². The summed E-state index contributed by atoms with van der Waals surface area (Å²) in [6.07, 6.45) is 4.92. The molecule has 0 saturated heterocycles. The molecule has 0 heterocycles. The van der Waals surface area contributed by atoms with Crippen LogP contribution in [0.2, 0.25) is 0 Å². The van der Waals surface area contributed by atoms with Crippen molar-refractivity contribution in [2.45, 2.75) is 37.3 Å². The van der Waals surface area contributed by atoms with Crippen LogP contribution in [0.5, 0.6) is 0 Å². The maximum atomic E-state index is 6.63. The van der Waals surface area contributed by atoms with Gasteiger partial charge in [0.05, 0.1) is 6.61 Å². The van der Waals surface area contributed by atoms with Gasteiger partial charge >= 0.3 is 0 Å². The second-order valence-corrected chi connectivity index (χ2v) is 5.61. The van der Waals surface area contributed by atoms with Crippen LogP contribution in [0, 0.1) is 0 Å². The van der Waals surface area contributed by atoms with Gasteiger partial charge in [0.25, 0.3) is 0 Å². The first kappa shape index (κ1) is 14.5. The van der Waals surface area contributed by atoms with Crippen molar-refractivity contribution in [3.05, 3.63) is 35.9 Å². The molecule has 3 nitrogen and oxygen atoms in total. The molecule has 1 aromatic carbocycles. The third-order valence-electron chi connectivity index (χ3n) is 4.60. The first-order valence-electron chi connectivity index (χ1n) is 7.21. The fourth-order valence-corrected chi connectivity index (χ4v) is 3.34. The summed E-state index contributed by atoms with van der Waals surface area (Å²) < 4.78 is 5.22. The maximum absolute atomic E-state index is 6.63. The van der Waals surface area contributed by atoms with E-state index in [1.807, 2.05) is 6.07 Å². The highest BCUT2D eigenvalue weighted by molar-refractivity contribution is 5.23. The van der Waals surface area contributed by atoms with Gasteiger partial charge in [0.1, 0.15) is 0 Å². The van der Waals surface area contributed by atoms with Crippen LogP contribution in [0.1, 0.15) is 37.3 Å². The molecular formula is C16H26N2O. The molecule has 0 radical (unpaired) electrons. The number of rotatable bonds is 6. The molecule has 0 bridgehead atoms. The molecule has 1 atom stereocenters. The summed E-state index contributed by atoms with van der Waals surface area (Å²) in [6.45, 7) is 1.71. The molecule has 1 saturated carbocycles. The number of methoxy groups -OCH3 is 1. The van der Waals surface area contributed by atoms with Gasteiger partial charge < -0.3 is 10.5 Å². The quantitative estimate of drug-likeness (QED) is 0.856. The Morgan fingerprint density at radius 2 is 1.89 bits per heavy atom. The number of hydrogen-bond acceptors (Lipinski definition) is 3. The Balaban J connectivity index is 2.19. The highest BCUT2D eigenvalue weighted by Gasteiger charge is 2.43. The molecule has 0 amide bonds. The summed E-state index contributed by atoms with van der Waals surface area (Å²) in [6, 6.07) is 10.6. The highest BCUT2D eigenvalue weighted by Crippen LogP contribution is 2.42. The van der Waals surface area contributed by atoms with Gasteiger partial charge in [-0.3, -0.25) is 4.90 Å². The molecule has 0 spiro atoms. The lowest BCUT2D eigenvalue weighted by molar-refractivity contribution is 0.0624. The zero-order valence-corrected chi connectivity index (χ0v) is 12.1. The summed E-state index contributed by atoms with van der Waals surface area (Å²) in [5.74, 6) is 0. The van der Waals surface area contributed by atoms with Crippen LogP contribution in [-0.2, 0) is 4.74 Å². The van der Waals surface area contributed by atoms with Gasteiger partial charge in [-0.05, 0) is 25.5 Å². The summed E-state index contributed by atoms with van der Waals surface area (Å²) >= 11 is 0. The van der Waals surface area contributed by atoms with Crippen LogP contribution in [0.4, 0.5) is 0 Å². The van der Waals surface area contributed by atoms with Crippen LogP contribution >= 0.6 is 0 Å². The fourth-order valence-electron chi connectivity index (χ4n) is 3.34. The van der Waals surface area contributed by atoms with E-state index in [0.29, 0.717) is 0 Å². The van der Waals surface area contributed by atoms with Gasteiger partial charge in [-0.15, -0.1) is 0 Å². The minimum atomic E-state index is 0.0815. The zero-order chi connectivity index (χ0) is 13.7. The molecule has 1 aromatic rings. The zero-order valence-electron chi connectivity index (χ0n) is 12.1. The molecule has 19 heavy (non-hydrogen) atoms. The minimum absolute atomic E-state index is 0.0815. The SMILES string of the molecule is COCCN(C)C1([C@H](N)c2ccccc2)CCCC1. The van der Waals surface area contributed by atoms with Crippen molar-refractivity contribution in [2.75, 3.05) is 27.3 Å². The normalized spacial score (nSPS) is 19.8. The average molecular weight is 262 g/mol. The molecule has 1 fully saturated rings. The van der Waals surface area contributed by atoms with Gasteiger partial charge in [-0.25, -0.2) is 0 Å². The highest BCUT2D eigenvalue weighted by atomic mass is 16.5. The Morgan fingerprint density at radius 1 is 1.26 bits per heavy atom. The Labute approximate surface area is 116 Å². The summed E-state index contributed by atoms with van der Waals surface area (Å²) in [7, 11) is 3.94. The van der Waals surface area contributed by atoms with Crippen molar-refractivity contribution in [1.29, 1.82) is 0 Å². The van der Waals surface area contributed by atoms with E-state index < -0.39 is 0 Å². The Bertz CT molecular complexity index is 374. The van der Waals surface area contributed by atoms with E-state index >= 15 is 0 Å². The van der Waals surface area contributed by atoms with Gasteiger partial charge in [0.2, 0.25) is 0 Å². The Hall–Kier alpha value is -0.900. The standard InChI is InChI=1S/C16H26N2O/c1-18(12-13-19-2)16(10-6-7-11-16)15(17)14-8-4-3-5-9-14/h3-5,8-9,15H,6-7,10-13,17H2,1-2H3/t15-/m1/s1. The molecule has 3 heteroatoms. The molecule has 1 aliphatic rings. The van der Waals surface area contributed by atoms with Crippen molar-refractivity contribution in [3.8, 4) is 0 Å². The van der Waals surface area contributed by atoms with Gasteiger partial charge in [-0.1, -0.05) is 43.2 Å². The van der Waals surface area contributed by atoms with E-state index in [9.17, 15) is 0 Å². The molecule has 0 aromatic heterocycles. The van der Waals surface area contributed by atoms with E-state index in [-0.39, 0.29) is 11.6 Å². The van der Waals surface area contributed by atoms with Crippen LogP contribution in [-0.4, -0.2) is 37.7 Å². The monoisotopic (exact) mass is 262 g/mol. The molecular weight excluding hydrogens is 236 g/mol. The number of likely N-dealkylation sites (N-methyl/N-ethyl adjacent to an activating group) is 1. The van der Waals surface area contributed by atoms with Crippen molar-refractivity contribution in [2.24, 2.45) is 5.73 Å². The fraction of sp³-hybridized carbons (Fsp3) is 0.625. The minimum Gasteiger partial charge on any atom is -0.383 e. The van der Waals surface area contributed by atoms with E-state index in [1.165, 1.54) is 31.2 Å². The molecule has 2 N–H and O–H groups in total. The number of hydrogen-bond donors (Lipinski definition) is 1. The number of ether oxygens (including phenoxy) is 1. The lowest BCUT2D eigenvalue weighted by atomic mass is 9.83. The summed E-state index contributed by atoms with van der Waals surface area (Å²) in [5, 5.41) is 0. The van der Waals surface area contributed by atoms with Crippen molar-refractivity contribution in [3.63, 3.8) is 0 Å². The van der Waals surface area contributed by atoms with Crippen LogP contribution in [0.3, 0.4) is 0 Å². The topological polar surface area (TPSA) is 38.5 Å². The molecule has 1 aliphatic carbocycles. The van der Waals surface area contributed by atoms with Gasteiger partial charge in [0.15, 0.2) is 0 Å². The predicted molar refractivity (Wildman–Crippen MR) is 79.1 cm³/mol. The smallest absolute Gasteiger partial charge is 0.0589 e. The number of nitrogens with two attached hydrogens (primary N) is 1. The molecule has 2 rings (SSSR count). The van der Waals surface area contributed by atoms with Crippen molar-refractivity contribution < 1.29 is 4.74 Å². The Kier molecular flexibility index (Phi) is 4.97. The molecule has 0 unspecified atom stereocenters. The Morgan fingerprint density at radius 3 is 2.47 bits per heavy atom. The molecule has 0 aliphatic heterocycles. The molecule has 106 valence electrons. The first-order valence-corrected chi connectivity index (χ1v) is 7.21. The first-order chi connectivity index (χ1) is 9.20. The van der Waals surface area contributed by atoms with Crippen molar-refractivity contribution >= 4 is 0 Å². The third-order valence-corrected chi connectivity index (χ3v) is 4.60. The van der Waals surface area contributed by atoms with Gasteiger partial charge in [-0.2, -0.15) is 0 Å². The van der Waals surface area contributed by atoms with Crippen LogP contribution in [0.25, 0.3) is 0 Å². The summed E-state index contributed by atoms with van der Waals surface area (Å²) in [5.41, 5.74) is 7.97. The van der Waals surface area contributed by atoms with Crippen molar-refractivity contribution in [1.82, 2.24) is 4.90 Å². The van der Waals surface area contributed by atoms with Gasteiger partial charge in [0, 0.05) is 25.2 Å². The van der Waals surface area contributed by atoms with E-state index in [0.717, 1.165) is 13.2 Å². The second kappa shape index (κ2) is 6.51. The van der Waals surface area contributed by atoms with Crippen LogP contribution < -0.4 is 5.73 Å². The maximum Gasteiger partial charge on any atom is 0.0589 e. The summed E-state index contributed by atoms with van der Waals surface area (Å²) in [4.78, 5) is 2.42. The second-order valence-electron chi connectivity index (χ2n) is 5.61. The average Bonchev–Trinajstić information content (AvgIpc) is 2.95. The number of nitrogens with zero attached hydrogens (tertiary/aromatic N) is 1. The lowest BCUT2D eigenvalue weighted by Crippen LogP contribution is -2.53. The number of benzene rings is 1. The third kappa shape index (κ3) is 2.99. The van der Waals surface area contributed by atoms with E-state index in [4.69, 9.17) is 10.5 Å².